The van der Waals surface area contributed by atoms with Gasteiger partial charge in [0.25, 0.3) is 0 Å². The highest BCUT2D eigenvalue weighted by atomic mass is 35.5. The Morgan fingerprint density at radius 2 is 2.00 bits per heavy atom. The van der Waals surface area contributed by atoms with Gasteiger partial charge in [-0.05, 0) is 13.0 Å². The summed E-state index contributed by atoms with van der Waals surface area (Å²) in [6.07, 6.45) is 1.75. The fourth-order valence-corrected chi connectivity index (χ4v) is 1.86. The number of hydrogen-bond donors (Lipinski definition) is 1. The van der Waals surface area contributed by atoms with Crippen LogP contribution in [0.1, 0.15) is 5.69 Å². The number of nitrogens with zero attached hydrogens (tertiary/aromatic N) is 1. The maximum Gasteiger partial charge on any atom is 0.171 e. The SMILES string of the molecule is COc1cc(Cl)cc(-c2ncc(C)[nH]2)c1OC. The average Bonchev–Trinajstić information content (AvgIpc) is 2.74. The summed E-state index contributed by atoms with van der Waals surface area (Å²) in [6.45, 7) is 1.94. The second-order valence-corrected chi connectivity index (χ2v) is 4.04. The van der Waals surface area contributed by atoms with Gasteiger partial charge in [-0.25, -0.2) is 4.98 Å². The molecule has 1 aromatic heterocycles. The third kappa shape index (κ3) is 2.22. The molecule has 2 rings (SSSR count). The van der Waals surface area contributed by atoms with Crippen LogP contribution in [0.15, 0.2) is 18.3 Å². The Morgan fingerprint density at radius 1 is 1.24 bits per heavy atom. The summed E-state index contributed by atoms with van der Waals surface area (Å²) >= 11 is 6.04. The molecule has 0 radical (unpaired) electrons. The zero-order chi connectivity index (χ0) is 12.4. The molecule has 0 aliphatic heterocycles. The van der Waals surface area contributed by atoms with Crippen molar-refractivity contribution < 1.29 is 9.47 Å². The van der Waals surface area contributed by atoms with Crippen LogP contribution in [0.2, 0.25) is 5.02 Å². The minimum Gasteiger partial charge on any atom is -0.493 e. The molecule has 1 aromatic carbocycles. The average molecular weight is 253 g/mol. The first kappa shape index (κ1) is 11.8. The molecule has 90 valence electrons. The van der Waals surface area contributed by atoms with E-state index in [-0.39, 0.29) is 0 Å². The highest BCUT2D eigenvalue weighted by molar-refractivity contribution is 6.31. The zero-order valence-corrected chi connectivity index (χ0v) is 10.6. The molecule has 1 N–H and O–H groups in total. The van der Waals surface area contributed by atoms with Gasteiger partial charge in [-0.1, -0.05) is 11.6 Å². The number of aryl methyl sites for hydroxylation is 1. The van der Waals surface area contributed by atoms with E-state index in [1.807, 2.05) is 6.92 Å². The number of H-pyrrole nitrogens is 1. The molecular formula is C12H13ClN2O2. The van der Waals surface area contributed by atoms with Gasteiger partial charge in [0.15, 0.2) is 11.5 Å². The van der Waals surface area contributed by atoms with Gasteiger partial charge in [0.2, 0.25) is 0 Å². The van der Waals surface area contributed by atoms with E-state index in [9.17, 15) is 0 Å². The van der Waals surface area contributed by atoms with Gasteiger partial charge in [-0.2, -0.15) is 0 Å². The molecule has 0 atom stereocenters. The smallest absolute Gasteiger partial charge is 0.171 e. The van der Waals surface area contributed by atoms with Gasteiger partial charge in [0, 0.05) is 23.0 Å². The van der Waals surface area contributed by atoms with Crippen molar-refractivity contribution >= 4 is 11.6 Å². The highest BCUT2D eigenvalue weighted by Crippen LogP contribution is 2.39. The largest absolute Gasteiger partial charge is 0.493 e. The van der Waals surface area contributed by atoms with Crippen molar-refractivity contribution in [2.24, 2.45) is 0 Å². The van der Waals surface area contributed by atoms with Crippen molar-refractivity contribution in [3.05, 3.63) is 29.0 Å². The molecule has 0 unspecified atom stereocenters. The lowest BCUT2D eigenvalue weighted by Crippen LogP contribution is -1.94. The lowest BCUT2D eigenvalue weighted by atomic mass is 10.1. The standard InChI is InChI=1S/C12H13ClN2O2/c1-7-6-14-12(15-7)9-4-8(13)5-10(16-2)11(9)17-3/h4-6H,1-3H3,(H,14,15). The number of aromatic nitrogens is 2. The number of halogens is 1. The van der Waals surface area contributed by atoms with E-state index in [4.69, 9.17) is 21.1 Å². The van der Waals surface area contributed by atoms with Crippen LogP contribution >= 0.6 is 11.6 Å². The second kappa shape index (κ2) is 4.67. The van der Waals surface area contributed by atoms with Crippen LogP contribution in [0.25, 0.3) is 11.4 Å². The third-order valence-corrected chi connectivity index (χ3v) is 2.62. The minimum atomic E-state index is 0.576. The van der Waals surface area contributed by atoms with E-state index in [1.165, 1.54) is 0 Å². The Labute approximate surface area is 105 Å². The first-order valence-corrected chi connectivity index (χ1v) is 5.47. The van der Waals surface area contributed by atoms with Crippen molar-refractivity contribution in [1.29, 1.82) is 0 Å². The van der Waals surface area contributed by atoms with Crippen molar-refractivity contribution in [3.8, 4) is 22.9 Å². The molecule has 5 heteroatoms. The summed E-state index contributed by atoms with van der Waals surface area (Å²) < 4.78 is 10.6. The predicted molar refractivity (Wildman–Crippen MR) is 66.9 cm³/mol. The van der Waals surface area contributed by atoms with E-state index in [0.29, 0.717) is 22.3 Å². The molecule has 2 aromatic rings. The number of ether oxygens (including phenoxy) is 2. The van der Waals surface area contributed by atoms with Crippen molar-refractivity contribution in [2.45, 2.75) is 6.92 Å². The minimum absolute atomic E-state index is 0.576. The molecule has 0 amide bonds. The van der Waals surface area contributed by atoms with Crippen molar-refractivity contribution in [1.82, 2.24) is 9.97 Å². The second-order valence-electron chi connectivity index (χ2n) is 3.60. The van der Waals surface area contributed by atoms with Crippen LogP contribution in [0.3, 0.4) is 0 Å². The van der Waals surface area contributed by atoms with Crippen LogP contribution in [0.5, 0.6) is 11.5 Å². The molecule has 0 aliphatic carbocycles. The quantitative estimate of drug-likeness (QED) is 0.913. The highest BCUT2D eigenvalue weighted by Gasteiger charge is 2.15. The monoisotopic (exact) mass is 252 g/mol. The summed E-state index contributed by atoms with van der Waals surface area (Å²) in [7, 11) is 3.16. The van der Waals surface area contributed by atoms with Gasteiger partial charge >= 0.3 is 0 Å². The van der Waals surface area contributed by atoms with Crippen LogP contribution < -0.4 is 9.47 Å². The maximum atomic E-state index is 6.04. The Balaban J connectivity index is 2.63. The molecule has 17 heavy (non-hydrogen) atoms. The molecule has 0 saturated carbocycles. The predicted octanol–water partition coefficient (Wildman–Crippen LogP) is 3.06. The number of hydrogen-bond acceptors (Lipinski definition) is 3. The number of benzene rings is 1. The lowest BCUT2D eigenvalue weighted by Gasteiger charge is -2.11. The summed E-state index contributed by atoms with van der Waals surface area (Å²) in [6, 6.07) is 3.50. The van der Waals surface area contributed by atoms with Crippen molar-refractivity contribution in [2.75, 3.05) is 14.2 Å². The van der Waals surface area contributed by atoms with E-state index in [1.54, 1.807) is 32.5 Å². The Hall–Kier alpha value is -1.68. The van der Waals surface area contributed by atoms with Crippen molar-refractivity contribution in [3.63, 3.8) is 0 Å². The number of methoxy groups -OCH3 is 2. The third-order valence-electron chi connectivity index (χ3n) is 2.40. The maximum absolute atomic E-state index is 6.04. The molecule has 0 bridgehead atoms. The number of nitrogens with one attached hydrogen (secondary N) is 1. The molecule has 1 heterocycles. The van der Waals surface area contributed by atoms with Crippen LogP contribution in [0, 0.1) is 6.92 Å². The summed E-state index contributed by atoms with van der Waals surface area (Å²) in [5.41, 5.74) is 1.76. The Kier molecular flexibility index (Phi) is 3.24. The number of rotatable bonds is 3. The number of imidazole rings is 1. The fourth-order valence-electron chi connectivity index (χ4n) is 1.66. The van der Waals surface area contributed by atoms with Gasteiger partial charge < -0.3 is 14.5 Å². The number of aromatic amines is 1. The Morgan fingerprint density at radius 3 is 2.53 bits per heavy atom. The zero-order valence-electron chi connectivity index (χ0n) is 9.87. The first-order chi connectivity index (χ1) is 8.15. The molecule has 4 nitrogen and oxygen atoms in total. The van der Waals surface area contributed by atoms with Crippen LogP contribution in [-0.4, -0.2) is 24.2 Å². The summed E-state index contributed by atoms with van der Waals surface area (Å²) in [4.78, 5) is 7.40. The topological polar surface area (TPSA) is 47.1 Å². The summed E-state index contributed by atoms with van der Waals surface area (Å²) in [5.74, 6) is 1.91. The fraction of sp³-hybridized carbons (Fsp3) is 0.250. The van der Waals surface area contributed by atoms with Gasteiger partial charge in [-0.15, -0.1) is 0 Å². The molecule has 0 aliphatic rings. The summed E-state index contributed by atoms with van der Waals surface area (Å²) in [5, 5.41) is 0.576. The van der Waals surface area contributed by atoms with E-state index >= 15 is 0 Å². The molecule has 0 fully saturated rings. The van der Waals surface area contributed by atoms with Gasteiger partial charge in [0.05, 0.1) is 19.8 Å². The normalized spacial score (nSPS) is 10.4. The Bertz CT molecular complexity index is 537. The van der Waals surface area contributed by atoms with Gasteiger partial charge in [-0.3, -0.25) is 0 Å². The van der Waals surface area contributed by atoms with E-state index < -0.39 is 0 Å². The molecule has 0 saturated heterocycles. The first-order valence-electron chi connectivity index (χ1n) is 5.09. The van der Waals surface area contributed by atoms with E-state index in [0.717, 1.165) is 11.3 Å². The van der Waals surface area contributed by atoms with Crippen LogP contribution in [-0.2, 0) is 0 Å². The van der Waals surface area contributed by atoms with E-state index in [2.05, 4.69) is 9.97 Å². The van der Waals surface area contributed by atoms with Crippen LogP contribution in [0.4, 0.5) is 0 Å². The lowest BCUT2D eigenvalue weighted by molar-refractivity contribution is 0.356. The molecule has 0 spiro atoms. The van der Waals surface area contributed by atoms with Gasteiger partial charge in [0.1, 0.15) is 5.82 Å². The molecular weight excluding hydrogens is 240 g/mol.